The van der Waals surface area contributed by atoms with Crippen LogP contribution in [0.1, 0.15) is 0 Å². The van der Waals surface area contributed by atoms with Crippen LogP contribution in [-0.4, -0.2) is 43.9 Å². The van der Waals surface area contributed by atoms with Crippen molar-refractivity contribution in [2.45, 2.75) is 6.29 Å². The lowest BCUT2D eigenvalue weighted by Gasteiger charge is -2.11. The molecule has 72 valence electrons. The van der Waals surface area contributed by atoms with Crippen molar-refractivity contribution in [1.82, 2.24) is 0 Å². The summed E-state index contributed by atoms with van der Waals surface area (Å²) in [5.74, 6) is -0.362. The first-order valence-electron chi connectivity index (χ1n) is 3.28. The number of aliphatic hydroxyl groups excluding tert-OH is 1. The molecule has 0 heterocycles. The molecule has 0 aliphatic heterocycles. The van der Waals surface area contributed by atoms with Crippen LogP contribution in [0, 0.1) is 0 Å². The molecular weight excluding hydrogens is 202 g/mol. The van der Waals surface area contributed by atoms with Gasteiger partial charge in [-0.25, -0.2) is 0 Å². The molecule has 0 bridgehead atoms. The maximum absolute atomic E-state index is 10.7. The standard InChI is InChI=1S/C6H12ClO4P/c1-10-5(8)3-12(7)4-6(9)11-2/h5,8H,3-4H2,1-2H3. The van der Waals surface area contributed by atoms with Gasteiger partial charge in [0.2, 0.25) is 0 Å². The Bertz CT molecular complexity index is 144. The second-order valence-corrected chi connectivity index (χ2v) is 5.11. The first-order chi connectivity index (χ1) is 5.60. The highest BCUT2D eigenvalue weighted by atomic mass is 35.7. The van der Waals surface area contributed by atoms with Crippen LogP contribution in [0.3, 0.4) is 0 Å². The fourth-order valence-corrected chi connectivity index (χ4v) is 2.19. The summed E-state index contributed by atoms with van der Waals surface area (Å²) in [5, 5.41) is 8.97. The number of ether oxygens (including phenoxy) is 2. The predicted molar refractivity (Wildman–Crippen MR) is 47.5 cm³/mol. The summed E-state index contributed by atoms with van der Waals surface area (Å²) in [7, 11) is 1.63. The fraction of sp³-hybridized carbons (Fsp3) is 0.833. The highest BCUT2D eigenvalue weighted by Gasteiger charge is 2.15. The molecule has 0 saturated heterocycles. The van der Waals surface area contributed by atoms with Crippen LogP contribution in [0.25, 0.3) is 0 Å². The van der Waals surface area contributed by atoms with Crippen LogP contribution in [0.4, 0.5) is 0 Å². The molecule has 1 N–H and O–H groups in total. The van der Waals surface area contributed by atoms with Gasteiger partial charge in [0.05, 0.1) is 13.3 Å². The highest BCUT2D eigenvalue weighted by molar-refractivity contribution is 7.84. The minimum atomic E-state index is -1.05. The van der Waals surface area contributed by atoms with E-state index in [1.807, 2.05) is 0 Å². The molecule has 0 aromatic heterocycles. The quantitative estimate of drug-likeness (QED) is 0.417. The van der Waals surface area contributed by atoms with Crippen molar-refractivity contribution in [2.75, 3.05) is 26.5 Å². The third-order valence-electron chi connectivity index (χ3n) is 1.15. The van der Waals surface area contributed by atoms with Gasteiger partial charge in [-0.3, -0.25) is 4.79 Å². The van der Waals surface area contributed by atoms with E-state index >= 15 is 0 Å². The van der Waals surface area contributed by atoms with Crippen molar-refractivity contribution < 1.29 is 19.4 Å². The third-order valence-corrected chi connectivity index (χ3v) is 3.24. The van der Waals surface area contributed by atoms with Crippen LogP contribution < -0.4 is 0 Å². The summed E-state index contributed by atoms with van der Waals surface area (Å²) in [6, 6.07) is 0. The second kappa shape index (κ2) is 6.61. The van der Waals surface area contributed by atoms with Gasteiger partial charge in [0.1, 0.15) is 0 Å². The van der Waals surface area contributed by atoms with Crippen LogP contribution in [0.5, 0.6) is 0 Å². The monoisotopic (exact) mass is 214 g/mol. The van der Waals surface area contributed by atoms with E-state index in [1.54, 1.807) is 0 Å². The van der Waals surface area contributed by atoms with Gasteiger partial charge in [-0.1, -0.05) is 11.2 Å². The fourth-order valence-electron chi connectivity index (χ4n) is 0.513. The van der Waals surface area contributed by atoms with E-state index in [9.17, 15) is 4.79 Å². The van der Waals surface area contributed by atoms with Crippen molar-refractivity contribution in [3.8, 4) is 0 Å². The maximum atomic E-state index is 10.7. The van der Waals surface area contributed by atoms with Gasteiger partial charge in [-0.2, -0.15) is 0 Å². The average Bonchev–Trinajstić information content (AvgIpc) is 2.03. The third kappa shape index (κ3) is 5.72. The smallest absolute Gasteiger partial charge is 0.311 e. The van der Waals surface area contributed by atoms with Gasteiger partial charge in [0.15, 0.2) is 6.29 Å². The van der Waals surface area contributed by atoms with E-state index in [1.165, 1.54) is 14.2 Å². The van der Waals surface area contributed by atoms with Crippen molar-refractivity contribution >= 4 is 24.5 Å². The topological polar surface area (TPSA) is 55.8 Å². The Morgan fingerprint density at radius 3 is 2.67 bits per heavy atom. The zero-order valence-corrected chi connectivity index (χ0v) is 8.64. The highest BCUT2D eigenvalue weighted by Crippen LogP contribution is 2.41. The van der Waals surface area contributed by atoms with Crippen LogP contribution >= 0.6 is 18.5 Å². The van der Waals surface area contributed by atoms with Crippen LogP contribution in [0.15, 0.2) is 0 Å². The van der Waals surface area contributed by atoms with Gasteiger partial charge in [0, 0.05) is 20.5 Å². The molecule has 0 saturated carbocycles. The van der Waals surface area contributed by atoms with Gasteiger partial charge in [-0.15, -0.1) is 0 Å². The number of rotatable bonds is 5. The lowest BCUT2D eigenvalue weighted by molar-refractivity contribution is -0.137. The van der Waals surface area contributed by atoms with Crippen molar-refractivity contribution in [1.29, 1.82) is 0 Å². The van der Waals surface area contributed by atoms with Crippen molar-refractivity contribution in [3.63, 3.8) is 0 Å². The zero-order chi connectivity index (χ0) is 9.56. The Hall–Kier alpha value is 0.110. The number of carbonyl (C=O) groups is 1. The molecule has 2 atom stereocenters. The summed E-state index contributed by atoms with van der Waals surface area (Å²) in [6.07, 6.45) is -0.464. The number of esters is 1. The minimum Gasteiger partial charge on any atom is -0.469 e. The van der Waals surface area contributed by atoms with Crippen LogP contribution in [-0.2, 0) is 14.3 Å². The van der Waals surface area contributed by atoms with E-state index in [-0.39, 0.29) is 18.3 Å². The van der Waals surface area contributed by atoms with Gasteiger partial charge >= 0.3 is 5.97 Å². The van der Waals surface area contributed by atoms with Gasteiger partial charge in [-0.05, 0) is 0 Å². The minimum absolute atomic E-state index is 0.147. The normalized spacial score (nSPS) is 15.3. The summed E-state index contributed by atoms with van der Waals surface area (Å²) in [6.45, 7) is 0. The Morgan fingerprint density at radius 2 is 2.25 bits per heavy atom. The molecule has 0 spiro atoms. The lowest BCUT2D eigenvalue weighted by Crippen LogP contribution is -2.15. The largest absolute Gasteiger partial charge is 0.469 e. The molecule has 12 heavy (non-hydrogen) atoms. The Morgan fingerprint density at radius 1 is 1.67 bits per heavy atom. The predicted octanol–water partition coefficient (Wildman–Crippen LogP) is 0.760. The van der Waals surface area contributed by atoms with E-state index in [2.05, 4.69) is 9.47 Å². The number of hydrogen-bond donors (Lipinski definition) is 1. The Kier molecular flexibility index (Phi) is 6.67. The Balaban J connectivity index is 3.58. The Labute approximate surface area is 77.3 Å². The van der Waals surface area contributed by atoms with Crippen LogP contribution in [0.2, 0.25) is 0 Å². The van der Waals surface area contributed by atoms with E-state index in [4.69, 9.17) is 16.3 Å². The number of hydrogen-bond acceptors (Lipinski definition) is 4. The van der Waals surface area contributed by atoms with Gasteiger partial charge < -0.3 is 14.6 Å². The number of carbonyl (C=O) groups excluding carboxylic acids is 1. The molecule has 0 rings (SSSR count). The molecule has 2 unspecified atom stereocenters. The maximum Gasteiger partial charge on any atom is 0.311 e. The number of aliphatic hydroxyl groups is 1. The molecule has 0 fully saturated rings. The summed E-state index contributed by atoms with van der Waals surface area (Å²) >= 11 is 5.75. The zero-order valence-electron chi connectivity index (χ0n) is 6.99. The molecule has 0 aromatic carbocycles. The molecule has 6 heteroatoms. The summed E-state index contributed by atoms with van der Waals surface area (Å²) < 4.78 is 8.98. The summed E-state index contributed by atoms with van der Waals surface area (Å²) in [5.41, 5.74) is 0. The molecule has 0 aromatic rings. The first-order valence-corrected chi connectivity index (χ1v) is 5.90. The summed E-state index contributed by atoms with van der Waals surface area (Å²) in [4.78, 5) is 10.7. The molecule has 4 nitrogen and oxygen atoms in total. The van der Waals surface area contributed by atoms with Crippen molar-refractivity contribution in [2.24, 2.45) is 0 Å². The van der Waals surface area contributed by atoms with Crippen molar-refractivity contribution in [3.05, 3.63) is 0 Å². The number of methoxy groups -OCH3 is 2. The van der Waals surface area contributed by atoms with E-state index in [0.717, 1.165) is 0 Å². The van der Waals surface area contributed by atoms with E-state index < -0.39 is 13.6 Å². The molecule has 0 amide bonds. The van der Waals surface area contributed by atoms with E-state index in [0.29, 0.717) is 0 Å². The second-order valence-electron chi connectivity index (χ2n) is 2.07. The molecule has 0 aliphatic carbocycles. The molecule has 0 aliphatic rings. The first kappa shape index (κ1) is 12.1. The molecule has 0 radical (unpaired) electrons. The number of halogens is 1. The lowest BCUT2D eigenvalue weighted by atomic mass is 10.8. The molecular formula is C6H12ClO4P. The SMILES string of the molecule is COC(=O)CP(Cl)CC(O)OC. The average molecular weight is 215 g/mol. The van der Waals surface area contributed by atoms with Gasteiger partial charge in [0.25, 0.3) is 0 Å².